The Bertz CT molecular complexity index is 1090. The number of ether oxygens (including phenoxy) is 1. The number of nitrogens with zero attached hydrogens (tertiary/aromatic N) is 2. The normalized spacial score (nSPS) is 24.4. The van der Waals surface area contributed by atoms with E-state index in [4.69, 9.17) is 21.0 Å². The number of aliphatic hydroxyl groups excluding tert-OH is 1. The summed E-state index contributed by atoms with van der Waals surface area (Å²) >= 11 is 6.52. The maximum atomic E-state index is 13.3. The maximum Gasteiger partial charge on any atom is 0.547 e. The second kappa shape index (κ2) is 11.9. The van der Waals surface area contributed by atoms with Crippen LogP contribution in [0.5, 0.6) is 5.75 Å². The number of amides is 3. The van der Waals surface area contributed by atoms with Gasteiger partial charge in [-0.15, -0.1) is 11.6 Å². The predicted octanol–water partition coefficient (Wildman–Crippen LogP) is -1.46. The third kappa shape index (κ3) is 5.89. The second-order valence-electron chi connectivity index (χ2n) is 9.28. The van der Waals surface area contributed by atoms with Crippen LogP contribution < -0.4 is 15.3 Å². The minimum atomic E-state index is -1.51. The standard InChI is InChI=1S/C23H30BClN4O9/c1-2-28-8-9-29(21(33)20(28)32)22-19(37-22)27-16(14(25)7-4-10-30)18(31)26-15-11-12-5-3-6-13(23(34)35)17(12)38-24(15)36/h3,5-6,14-16,19,22,27,30,36H,2,4,7-11H2,1H3,(H,26,31)(H,34,35)/t14?,15-,16?,19?,22?/m0/s1. The van der Waals surface area contributed by atoms with Gasteiger partial charge in [-0.2, -0.15) is 0 Å². The van der Waals surface area contributed by atoms with Crippen molar-refractivity contribution in [1.29, 1.82) is 0 Å². The van der Waals surface area contributed by atoms with Gasteiger partial charge in [-0.25, -0.2) is 4.79 Å². The van der Waals surface area contributed by atoms with Crippen molar-refractivity contribution in [2.24, 2.45) is 0 Å². The number of hydrogen-bond acceptors (Lipinski definition) is 9. The summed E-state index contributed by atoms with van der Waals surface area (Å²) in [4.78, 5) is 52.3. The van der Waals surface area contributed by atoms with Gasteiger partial charge in [0.1, 0.15) is 11.8 Å². The van der Waals surface area contributed by atoms with Crippen LogP contribution in [-0.2, 0) is 25.5 Å². The number of nitrogens with one attached hydrogen (secondary N) is 2. The van der Waals surface area contributed by atoms with Crippen LogP contribution in [0.2, 0.25) is 0 Å². The number of benzene rings is 1. The Kier molecular flexibility index (Phi) is 8.78. The predicted molar refractivity (Wildman–Crippen MR) is 133 cm³/mol. The molecule has 1 aromatic rings. The number of carbonyl (C=O) groups excluding carboxylic acids is 3. The first-order valence-electron chi connectivity index (χ1n) is 12.4. The molecule has 3 aliphatic heterocycles. The lowest BCUT2D eigenvalue weighted by Crippen LogP contribution is -2.60. The first-order valence-corrected chi connectivity index (χ1v) is 12.9. The molecule has 0 saturated carbocycles. The van der Waals surface area contributed by atoms with Crippen molar-refractivity contribution < 1.29 is 43.8 Å². The number of epoxide rings is 1. The minimum Gasteiger partial charge on any atom is -0.534 e. The molecule has 4 unspecified atom stereocenters. The van der Waals surface area contributed by atoms with Crippen molar-refractivity contribution >= 4 is 42.4 Å². The molecule has 5 atom stereocenters. The van der Waals surface area contributed by atoms with E-state index in [1.54, 1.807) is 19.1 Å². The van der Waals surface area contributed by atoms with Gasteiger partial charge in [0.05, 0.1) is 16.9 Å². The molecule has 0 aliphatic carbocycles. The van der Waals surface area contributed by atoms with Crippen molar-refractivity contribution in [3.05, 3.63) is 29.3 Å². The van der Waals surface area contributed by atoms with Gasteiger partial charge in [-0.05, 0) is 37.8 Å². The summed E-state index contributed by atoms with van der Waals surface area (Å²) < 4.78 is 11.0. The van der Waals surface area contributed by atoms with E-state index in [1.165, 1.54) is 15.9 Å². The van der Waals surface area contributed by atoms with Crippen LogP contribution in [0, 0.1) is 0 Å². The summed E-state index contributed by atoms with van der Waals surface area (Å²) in [6, 6.07) is 3.51. The van der Waals surface area contributed by atoms with Gasteiger partial charge in [0.2, 0.25) is 5.91 Å². The van der Waals surface area contributed by atoms with Crippen LogP contribution in [0.3, 0.4) is 0 Å². The van der Waals surface area contributed by atoms with E-state index >= 15 is 0 Å². The number of piperazine rings is 1. The Morgan fingerprint density at radius 3 is 2.71 bits per heavy atom. The largest absolute Gasteiger partial charge is 0.547 e. The van der Waals surface area contributed by atoms with Crippen molar-refractivity contribution in [2.45, 2.75) is 56.0 Å². The molecule has 15 heteroatoms. The van der Waals surface area contributed by atoms with Crippen LogP contribution in [0.4, 0.5) is 0 Å². The molecule has 1 aromatic carbocycles. The summed E-state index contributed by atoms with van der Waals surface area (Å²) in [7, 11) is -1.51. The Morgan fingerprint density at radius 1 is 1.26 bits per heavy atom. The number of fused-ring (bicyclic) bond motifs is 1. The van der Waals surface area contributed by atoms with Crippen molar-refractivity contribution in [2.75, 3.05) is 26.2 Å². The number of alkyl halides is 1. The topological polar surface area (TPSA) is 181 Å². The highest BCUT2D eigenvalue weighted by molar-refractivity contribution is 6.47. The summed E-state index contributed by atoms with van der Waals surface area (Å²) in [5.41, 5.74) is 0.410. The van der Waals surface area contributed by atoms with Crippen LogP contribution in [-0.4, -0.2) is 112 Å². The van der Waals surface area contributed by atoms with Gasteiger partial charge in [-0.1, -0.05) is 12.1 Å². The van der Waals surface area contributed by atoms with Crippen LogP contribution in [0.1, 0.15) is 35.7 Å². The molecule has 2 saturated heterocycles. The number of halogens is 1. The second-order valence-corrected chi connectivity index (χ2v) is 9.84. The number of carboxylic acid groups (broad SMARTS) is 1. The Morgan fingerprint density at radius 2 is 2.03 bits per heavy atom. The molecule has 0 spiro atoms. The zero-order valence-corrected chi connectivity index (χ0v) is 21.5. The maximum absolute atomic E-state index is 13.3. The summed E-state index contributed by atoms with van der Waals surface area (Å²) in [6.07, 6.45) is -0.770. The van der Waals surface area contributed by atoms with Gasteiger partial charge < -0.3 is 39.7 Å². The third-order valence-corrected chi connectivity index (χ3v) is 7.27. The van der Waals surface area contributed by atoms with Crippen LogP contribution >= 0.6 is 11.6 Å². The van der Waals surface area contributed by atoms with Gasteiger partial charge in [0.25, 0.3) is 0 Å². The van der Waals surface area contributed by atoms with E-state index in [0.717, 1.165) is 0 Å². The molecular formula is C23H30BClN4O9. The van der Waals surface area contributed by atoms with E-state index in [1.807, 2.05) is 0 Å². The van der Waals surface area contributed by atoms with Gasteiger partial charge in [0, 0.05) is 26.2 Å². The number of rotatable bonds is 11. The van der Waals surface area contributed by atoms with Crippen molar-refractivity contribution in [3.8, 4) is 5.75 Å². The SMILES string of the molecule is CCN1CCN(C2OC2NC(C(=O)N[C@H]2Cc3cccc(C(=O)O)c3OB2O)C(Cl)CCCO)C(=O)C1=O. The van der Waals surface area contributed by atoms with Gasteiger partial charge in [0.15, 0.2) is 12.5 Å². The minimum absolute atomic E-state index is 0.0439. The molecule has 206 valence electrons. The first kappa shape index (κ1) is 28.1. The van der Waals surface area contributed by atoms with Crippen molar-refractivity contribution in [3.63, 3.8) is 0 Å². The lowest BCUT2D eigenvalue weighted by Gasteiger charge is -2.32. The smallest absolute Gasteiger partial charge is 0.534 e. The number of carboxylic acids is 1. The molecule has 3 aliphatic rings. The summed E-state index contributed by atoms with van der Waals surface area (Å²) in [5, 5.41) is 34.0. The third-order valence-electron chi connectivity index (χ3n) is 6.80. The zero-order chi connectivity index (χ0) is 27.6. The highest BCUT2D eigenvalue weighted by Crippen LogP contribution is 2.31. The zero-order valence-electron chi connectivity index (χ0n) is 20.7. The van der Waals surface area contributed by atoms with E-state index in [-0.39, 0.29) is 37.3 Å². The molecule has 2 fully saturated rings. The fraction of sp³-hybridized carbons (Fsp3) is 0.565. The molecule has 38 heavy (non-hydrogen) atoms. The average molecular weight is 553 g/mol. The van der Waals surface area contributed by atoms with Gasteiger partial charge >= 0.3 is 24.9 Å². The Hall–Kier alpha value is -2.91. The number of likely N-dealkylation sites (N-methyl/N-ethyl adjacent to an activating group) is 1. The number of aliphatic hydroxyl groups is 1. The van der Waals surface area contributed by atoms with E-state index in [2.05, 4.69) is 10.6 Å². The Balaban J connectivity index is 1.43. The molecule has 5 N–H and O–H groups in total. The fourth-order valence-corrected chi connectivity index (χ4v) is 5.00. The average Bonchev–Trinajstić information content (AvgIpc) is 3.66. The van der Waals surface area contributed by atoms with E-state index < -0.39 is 60.6 Å². The molecular weight excluding hydrogens is 523 g/mol. The number of aromatic carboxylic acids is 1. The summed E-state index contributed by atoms with van der Waals surface area (Å²) in [5.74, 6) is -3.94. The highest BCUT2D eigenvalue weighted by Gasteiger charge is 2.51. The number of para-hydroxylation sites is 1. The lowest BCUT2D eigenvalue weighted by molar-refractivity contribution is -0.157. The number of carbonyl (C=O) groups is 4. The van der Waals surface area contributed by atoms with E-state index in [0.29, 0.717) is 25.1 Å². The van der Waals surface area contributed by atoms with Gasteiger partial charge in [-0.3, -0.25) is 19.7 Å². The Labute approximate surface area is 224 Å². The lowest BCUT2D eigenvalue weighted by atomic mass is 9.72. The monoisotopic (exact) mass is 552 g/mol. The fourth-order valence-electron chi connectivity index (χ4n) is 4.66. The quantitative estimate of drug-likeness (QED) is 0.0941. The summed E-state index contributed by atoms with van der Waals surface area (Å²) in [6.45, 7) is 2.74. The molecule has 0 bridgehead atoms. The molecule has 0 aromatic heterocycles. The van der Waals surface area contributed by atoms with Crippen LogP contribution in [0.15, 0.2) is 18.2 Å². The molecule has 3 amide bonds. The molecule has 13 nitrogen and oxygen atoms in total. The van der Waals surface area contributed by atoms with Crippen LogP contribution in [0.25, 0.3) is 0 Å². The van der Waals surface area contributed by atoms with E-state index in [9.17, 15) is 34.4 Å². The first-order chi connectivity index (χ1) is 18.2. The number of hydrogen-bond donors (Lipinski definition) is 5. The van der Waals surface area contributed by atoms with Crippen molar-refractivity contribution in [1.82, 2.24) is 20.4 Å². The molecule has 4 rings (SSSR count). The molecule has 0 radical (unpaired) electrons. The highest BCUT2D eigenvalue weighted by atomic mass is 35.5. The molecule has 3 heterocycles.